The topological polar surface area (TPSA) is 96.5 Å². The van der Waals surface area contributed by atoms with Crippen LogP contribution >= 0.6 is 0 Å². The van der Waals surface area contributed by atoms with E-state index in [4.69, 9.17) is 27.2 Å². The molecule has 0 spiro atoms. The first kappa shape index (κ1) is 12.3. The summed E-state index contributed by atoms with van der Waals surface area (Å²) < 4.78 is 0. The van der Waals surface area contributed by atoms with Crippen molar-refractivity contribution in [2.75, 3.05) is 0 Å². The molecule has 3 aliphatic carbocycles. The third-order valence-corrected chi connectivity index (χ3v) is 4.61. The molecule has 94 valence electrons. The fourth-order valence-electron chi connectivity index (χ4n) is 3.44. The molecule has 6 N–H and O–H groups in total. The number of fused-ring (bicyclic) bond motifs is 5. The standard InChI is InChI=1S/C11H23N3O2/c1-6-9-3-2-7(15-13)4-8(16-14)5-10(6)11(9)12/h6-11H,2-5,12-14H2,1H3/t6-,7?,8?,9?,10?,11?/m1/s1. The van der Waals surface area contributed by atoms with Gasteiger partial charge in [0.15, 0.2) is 0 Å². The Bertz CT molecular complexity index is 229. The Hall–Kier alpha value is -0.200. The second-order valence-electron chi connectivity index (χ2n) is 5.33. The molecular weight excluding hydrogens is 206 g/mol. The second kappa shape index (κ2) is 4.98. The van der Waals surface area contributed by atoms with E-state index in [-0.39, 0.29) is 12.2 Å². The fourth-order valence-corrected chi connectivity index (χ4v) is 3.44. The van der Waals surface area contributed by atoms with Crippen LogP contribution in [-0.2, 0) is 9.68 Å². The smallest absolute Gasteiger partial charge is 0.0816 e. The Morgan fingerprint density at radius 3 is 2.19 bits per heavy atom. The van der Waals surface area contributed by atoms with Gasteiger partial charge in [-0.1, -0.05) is 6.92 Å². The van der Waals surface area contributed by atoms with Crippen molar-refractivity contribution in [2.24, 2.45) is 35.3 Å². The zero-order chi connectivity index (χ0) is 11.7. The molecule has 0 aromatic heterocycles. The molecule has 0 aliphatic heterocycles. The minimum atomic E-state index is 0.0195. The van der Waals surface area contributed by atoms with Crippen molar-refractivity contribution >= 4 is 0 Å². The van der Waals surface area contributed by atoms with Gasteiger partial charge in [0.05, 0.1) is 12.2 Å². The third-order valence-electron chi connectivity index (χ3n) is 4.61. The van der Waals surface area contributed by atoms with Gasteiger partial charge in [0, 0.05) is 12.5 Å². The molecule has 3 saturated carbocycles. The van der Waals surface area contributed by atoms with Crippen LogP contribution in [0.3, 0.4) is 0 Å². The predicted octanol–water partition coefficient (Wildman–Crippen LogP) is 0.288. The van der Waals surface area contributed by atoms with E-state index in [0.717, 1.165) is 25.7 Å². The summed E-state index contributed by atoms with van der Waals surface area (Å²) in [6, 6.07) is 0.296. The van der Waals surface area contributed by atoms with Gasteiger partial charge in [-0.25, -0.2) is 11.8 Å². The van der Waals surface area contributed by atoms with Gasteiger partial charge in [-0.05, 0) is 37.0 Å². The molecular formula is C11H23N3O2. The number of nitrogens with two attached hydrogens (primary N) is 3. The van der Waals surface area contributed by atoms with Crippen LogP contribution in [0.2, 0.25) is 0 Å². The Morgan fingerprint density at radius 1 is 0.938 bits per heavy atom. The lowest BCUT2D eigenvalue weighted by atomic mass is 9.59. The monoisotopic (exact) mass is 229 g/mol. The molecule has 5 nitrogen and oxygen atoms in total. The highest BCUT2D eigenvalue weighted by molar-refractivity contribution is 5.00. The molecule has 0 amide bonds. The number of rotatable bonds is 2. The minimum absolute atomic E-state index is 0.0195. The molecule has 3 aliphatic rings. The Morgan fingerprint density at radius 2 is 1.62 bits per heavy atom. The van der Waals surface area contributed by atoms with Gasteiger partial charge in [0.1, 0.15) is 0 Å². The van der Waals surface area contributed by atoms with E-state index in [0.29, 0.717) is 23.8 Å². The summed E-state index contributed by atoms with van der Waals surface area (Å²) in [7, 11) is 0. The quantitative estimate of drug-likeness (QED) is 0.591. The summed E-state index contributed by atoms with van der Waals surface area (Å²) in [5, 5.41) is 0. The maximum atomic E-state index is 6.19. The number of hydrogen-bond acceptors (Lipinski definition) is 5. The van der Waals surface area contributed by atoms with Crippen LogP contribution in [0.15, 0.2) is 0 Å². The first-order chi connectivity index (χ1) is 7.67. The average Bonchev–Trinajstić information content (AvgIpc) is 2.42. The average molecular weight is 229 g/mol. The van der Waals surface area contributed by atoms with Crippen molar-refractivity contribution in [2.45, 2.75) is 50.9 Å². The lowest BCUT2D eigenvalue weighted by Gasteiger charge is -2.49. The minimum Gasteiger partial charge on any atom is -0.327 e. The summed E-state index contributed by atoms with van der Waals surface area (Å²) >= 11 is 0. The van der Waals surface area contributed by atoms with E-state index in [9.17, 15) is 0 Å². The fraction of sp³-hybridized carbons (Fsp3) is 1.00. The van der Waals surface area contributed by atoms with Gasteiger partial charge in [0.2, 0.25) is 0 Å². The van der Waals surface area contributed by atoms with E-state index >= 15 is 0 Å². The lowest BCUT2D eigenvalue weighted by Crippen LogP contribution is -2.55. The van der Waals surface area contributed by atoms with E-state index in [1.54, 1.807) is 0 Å². The molecule has 3 rings (SSSR count). The van der Waals surface area contributed by atoms with Crippen LogP contribution in [-0.4, -0.2) is 18.2 Å². The molecule has 0 aromatic rings. The van der Waals surface area contributed by atoms with Gasteiger partial charge in [0.25, 0.3) is 0 Å². The molecule has 0 saturated heterocycles. The summed E-state index contributed by atoms with van der Waals surface area (Å²) in [6.45, 7) is 2.27. The summed E-state index contributed by atoms with van der Waals surface area (Å²) in [5.74, 6) is 12.4. The first-order valence-electron chi connectivity index (χ1n) is 6.14. The van der Waals surface area contributed by atoms with Crippen molar-refractivity contribution in [1.82, 2.24) is 0 Å². The van der Waals surface area contributed by atoms with E-state index < -0.39 is 0 Å². The van der Waals surface area contributed by atoms with Gasteiger partial charge in [-0.3, -0.25) is 0 Å². The van der Waals surface area contributed by atoms with E-state index in [2.05, 4.69) is 6.92 Å². The first-order valence-corrected chi connectivity index (χ1v) is 6.14. The van der Waals surface area contributed by atoms with Crippen LogP contribution in [0.25, 0.3) is 0 Å². The molecule has 0 aromatic carbocycles. The highest BCUT2D eigenvalue weighted by atomic mass is 16.6. The summed E-state index contributed by atoms with van der Waals surface area (Å²) in [4.78, 5) is 9.99. The van der Waals surface area contributed by atoms with Crippen molar-refractivity contribution in [3.8, 4) is 0 Å². The maximum Gasteiger partial charge on any atom is 0.0816 e. The molecule has 5 unspecified atom stereocenters. The Labute approximate surface area is 96.5 Å². The van der Waals surface area contributed by atoms with Gasteiger partial charge >= 0.3 is 0 Å². The van der Waals surface area contributed by atoms with E-state index in [1.807, 2.05) is 0 Å². The molecule has 6 atom stereocenters. The van der Waals surface area contributed by atoms with Gasteiger partial charge in [-0.2, -0.15) is 0 Å². The summed E-state index contributed by atoms with van der Waals surface area (Å²) in [6.07, 6.45) is 3.81. The predicted molar refractivity (Wildman–Crippen MR) is 60.7 cm³/mol. The molecule has 2 bridgehead atoms. The zero-order valence-corrected chi connectivity index (χ0v) is 9.84. The van der Waals surface area contributed by atoms with Crippen LogP contribution in [0.1, 0.15) is 32.6 Å². The second-order valence-corrected chi connectivity index (χ2v) is 5.33. The largest absolute Gasteiger partial charge is 0.327 e. The van der Waals surface area contributed by atoms with Gasteiger partial charge in [-0.15, -0.1) is 0 Å². The molecule has 16 heavy (non-hydrogen) atoms. The molecule has 0 heterocycles. The highest BCUT2D eigenvalue weighted by Crippen LogP contribution is 2.46. The molecule has 5 heteroatoms. The maximum absolute atomic E-state index is 6.19. The van der Waals surface area contributed by atoms with Crippen molar-refractivity contribution in [3.05, 3.63) is 0 Å². The van der Waals surface area contributed by atoms with Crippen molar-refractivity contribution < 1.29 is 9.68 Å². The number of hydrogen-bond donors (Lipinski definition) is 3. The van der Waals surface area contributed by atoms with Crippen LogP contribution in [0.4, 0.5) is 0 Å². The highest BCUT2D eigenvalue weighted by Gasteiger charge is 2.47. The molecule has 3 fully saturated rings. The van der Waals surface area contributed by atoms with Crippen LogP contribution < -0.4 is 17.5 Å². The van der Waals surface area contributed by atoms with Crippen LogP contribution in [0.5, 0.6) is 0 Å². The normalized spacial score (nSPS) is 48.8. The van der Waals surface area contributed by atoms with Gasteiger partial charge < -0.3 is 15.4 Å². The zero-order valence-electron chi connectivity index (χ0n) is 9.84. The Kier molecular flexibility index (Phi) is 3.81. The van der Waals surface area contributed by atoms with Crippen molar-refractivity contribution in [1.29, 1.82) is 0 Å². The van der Waals surface area contributed by atoms with E-state index in [1.165, 1.54) is 0 Å². The van der Waals surface area contributed by atoms with Crippen LogP contribution in [0, 0.1) is 17.8 Å². The molecule has 0 radical (unpaired) electrons. The SMILES string of the molecule is C[C@@H]1C2CCC(ON)CC(ON)CC1C2N. The van der Waals surface area contributed by atoms with Crippen molar-refractivity contribution in [3.63, 3.8) is 0 Å². The lowest BCUT2D eigenvalue weighted by molar-refractivity contribution is -0.0388. The Balaban J connectivity index is 2.05. The summed E-state index contributed by atoms with van der Waals surface area (Å²) in [5.41, 5.74) is 6.19. The third kappa shape index (κ3) is 2.10.